The molecule has 1 aliphatic carbocycles. The van der Waals surface area contributed by atoms with Gasteiger partial charge in [-0.1, -0.05) is 0 Å². The molecular formula is C20H16F4N2O4. The van der Waals surface area contributed by atoms with E-state index in [-0.39, 0.29) is 11.5 Å². The first-order chi connectivity index (χ1) is 14.1. The molecule has 1 saturated carbocycles. The lowest BCUT2D eigenvalue weighted by Crippen LogP contribution is -2.41. The molecule has 0 bridgehead atoms. The zero-order valence-electron chi connectivity index (χ0n) is 15.4. The van der Waals surface area contributed by atoms with E-state index in [1.54, 1.807) is 6.07 Å². The number of nitrogens with zero attached hydrogens (tertiary/aromatic N) is 1. The lowest BCUT2D eigenvalue weighted by atomic mass is 9.69. The number of hydrogen-bond donors (Lipinski definition) is 2. The van der Waals surface area contributed by atoms with Crippen molar-refractivity contribution in [3.05, 3.63) is 53.0 Å². The molecule has 10 heteroatoms. The van der Waals surface area contributed by atoms with E-state index in [9.17, 15) is 32.3 Å². The van der Waals surface area contributed by atoms with Crippen LogP contribution in [-0.2, 0) is 16.4 Å². The minimum Gasteiger partial charge on any atom is -0.478 e. The summed E-state index contributed by atoms with van der Waals surface area (Å²) in [6.07, 6.45) is -3.44. The molecule has 1 spiro atoms. The lowest BCUT2D eigenvalue weighted by Gasteiger charge is -2.35. The minimum absolute atomic E-state index is 0.0685. The molecule has 1 aliphatic heterocycles. The molecule has 0 atom stereocenters. The third-order valence-corrected chi connectivity index (χ3v) is 5.66. The first-order valence-electron chi connectivity index (χ1n) is 9.19. The van der Waals surface area contributed by atoms with Crippen molar-refractivity contribution in [2.45, 2.75) is 43.4 Å². The average molecular weight is 424 g/mol. The van der Waals surface area contributed by atoms with Gasteiger partial charge in [-0.25, -0.2) is 14.2 Å². The molecule has 0 unspecified atom stereocenters. The fraction of sp³-hybridized carbons (Fsp3) is 0.350. The van der Waals surface area contributed by atoms with Crippen molar-refractivity contribution in [2.24, 2.45) is 0 Å². The molecule has 2 N–H and O–H groups in total. The van der Waals surface area contributed by atoms with Crippen molar-refractivity contribution in [2.75, 3.05) is 5.32 Å². The highest BCUT2D eigenvalue weighted by Gasteiger charge is 2.49. The number of carbonyl (C=O) groups excluding carboxylic acids is 1. The molecular weight excluding hydrogens is 408 g/mol. The second-order valence-electron chi connectivity index (χ2n) is 7.43. The van der Waals surface area contributed by atoms with E-state index in [1.807, 2.05) is 0 Å². The van der Waals surface area contributed by atoms with E-state index in [0.717, 1.165) is 0 Å². The number of nitrogens with one attached hydrogen (secondary N) is 1. The van der Waals surface area contributed by atoms with Crippen LogP contribution in [0.2, 0.25) is 0 Å². The number of carbonyl (C=O) groups is 2. The van der Waals surface area contributed by atoms with Crippen LogP contribution in [0, 0.1) is 5.82 Å². The van der Waals surface area contributed by atoms with Gasteiger partial charge in [-0.3, -0.25) is 4.79 Å². The predicted molar refractivity (Wildman–Crippen MR) is 95.8 cm³/mol. The number of alkyl halides is 3. The Balaban J connectivity index is 1.51. The number of hydrogen-bond acceptors (Lipinski definition) is 4. The van der Waals surface area contributed by atoms with E-state index < -0.39 is 40.9 Å². The number of aromatic carboxylic acids is 1. The normalized spacial score (nSPS) is 23.2. The first kappa shape index (κ1) is 20.1. The largest absolute Gasteiger partial charge is 0.478 e. The predicted octanol–water partition coefficient (Wildman–Crippen LogP) is 4.15. The van der Waals surface area contributed by atoms with Crippen LogP contribution >= 0.6 is 0 Å². The van der Waals surface area contributed by atoms with Gasteiger partial charge in [0.2, 0.25) is 5.91 Å². The SMILES string of the molecule is O=C(O)c1ccc2c(c1)[C@]1(CC[C@@H](Oc3ncc(C(F)(F)F)cc3F)CC1)C(=O)N2. The topological polar surface area (TPSA) is 88.5 Å². The second-order valence-corrected chi connectivity index (χ2v) is 7.43. The van der Waals surface area contributed by atoms with Gasteiger partial charge in [0.05, 0.1) is 16.5 Å². The highest BCUT2D eigenvalue weighted by Crippen LogP contribution is 2.48. The molecule has 6 nitrogen and oxygen atoms in total. The summed E-state index contributed by atoms with van der Waals surface area (Å²) in [4.78, 5) is 27.4. The van der Waals surface area contributed by atoms with Crippen molar-refractivity contribution in [1.29, 1.82) is 0 Å². The van der Waals surface area contributed by atoms with Crippen LogP contribution in [-0.4, -0.2) is 28.1 Å². The standard InChI is InChI=1S/C20H16F4N2O4/c21-14-8-11(20(22,23)24)9-25-16(14)30-12-3-5-19(6-4-12)13-7-10(17(27)28)1-2-15(13)26-18(19)29/h1-2,7-9,12H,3-6H2,(H,26,29)(H,27,28)/t12-,19-. The summed E-state index contributed by atoms with van der Waals surface area (Å²) in [5.74, 6) is -3.07. The summed E-state index contributed by atoms with van der Waals surface area (Å²) in [7, 11) is 0. The van der Waals surface area contributed by atoms with Crippen molar-refractivity contribution < 1.29 is 37.0 Å². The number of carboxylic acid groups (broad SMARTS) is 1. The summed E-state index contributed by atoms with van der Waals surface area (Å²) in [6, 6.07) is 4.78. The zero-order valence-corrected chi connectivity index (χ0v) is 15.4. The molecule has 0 saturated heterocycles. The Labute approximate surface area is 167 Å². The Bertz CT molecular complexity index is 1030. The molecule has 1 aromatic carbocycles. The van der Waals surface area contributed by atoms with E-state index in [4.69, 9.17) is 4.74 Å². The summed E-state index contributed by atoms with van der Waals surface area (Å²) in [5.41, 5.74) is -0.890. The van der Waals surface area contributed by atoms with Gasteiger partial charge in [0.25, 0.3) is 5.88 Å². The number of fused-ring (bicyclic) bond motifs is 2. The Hall–Kier alpha value is -3.17. The molecule has 2 heterocycles. The quantitative estimate of drug-likeness (QED) is 0.723. The fourth-order valence-electron chi connectivity index (χ4n) is 4.07. The molecule has 30 heavy (non-hydrogen) atoms. The van der Waals surface area contributed by atoms with E-state index in [0.29, 0.717) is 49.2 Å². The van der Waals surface area contributed by atoms with Crippen molar-refractivity contribution >= 4 is 17.6 Å². The van der Waals surface area contributed by atoms with E-state index in [1.165, 1.54) is 12.1 Å². The second kappa shape index (κ2) is 6.96. The van der Waals surface area contributed by atoms with E-state index in [2.05, 4.69) is 10.3 Å². The maximum atomic E-state index is 14.0. The Morgan fingerprint density at radius 2 is 1.93 bits per heavy atom. The summed E-state index contributed by atoms with van der Waals surface area (Å²) in [5, 5.41) is 12.0. The van der Waals surface area contributed by atoms with Gasteiger partial charge in [-0.2, -0.15) is 13.2 Å². The van der Waals surface area contributed by atoms with Gasteiger partial charge in [-0.05, 0) is 55.5 Å². The number of pyridine rings is 1. The van der Waals surface area contributed by atoms with Gasteiger partial charge in [-0.15, -0.1) is 0 Å². The maximum Gasteiger partial charge on any atom is 0.417 e. The number of halogens is 4. The van der Waals surface area contributed by atoms with Crippen LogP contribution in [0.25, 0.3) is 0 Å². The zero-order chi connectivity index (χ0) is 21.7. The number of anilines is 1. The molecule has 2 aromatic rings. The number of benzene rings is 1. The monoisotopic (exact) mass is 424 g/mol. The van der Waals surface area contributed by atoms with Gasteiger partial charge in [0.15, 0.2) is 5.82 Å². The maximum absolute atomic E-state index is 14.0. The molecule has 1 fully saturated rings. The van der Waals surface area contributed by atoms with Gasteiger partial charge < -0.3 is 15.2 Å². The van der Waals surface area contributed by atoms with Crippen LogP contribution in [0.5, 0.6) is 5.88 Å². The third-order valence-electron chi connectivity index (χ3n) is 5.66. The highest BCUT2D eigenvalue weighted by molar-refractivity contribution is 6.07. The highest BCUT2D eigenvalue weighted by atomic mass is 19.4. The Morgan fingerprint density at radius 3 is 2.53 bits per heavy atom. The molecule has 2 aliphatic rings. The van der Waals surface area contributed by atoms with Gasteiger partial charge in [0, 0.05) is 11.9 Å². The third kappa shape index (κ3) is 3.35. The molecule has 1 aromatic heterocycles. The number of rotatable bonds is 3. The average Bonchev–Trinajstić information content (AvgIpc) is 2.95. The van der Waals surface area contributed by atoms with Crippen LogP contribution < -0.4 is 10.1 Å². The number of ether oxygens (including phenoxy) is 1. The Morgan fingerprint density at radius 1 is 1.23 bits per heavy atom. The Kier molecular flexibility index (Phi) is 4.67. The van der Waals surface area contributed by atoms with Crippen LogP contribution in [0.4, 0.5) is 23.2 Å². The summed E-state index contributed by atoms with van der Waals surface area (Å²) >= 11 is 0. The summed E-state index contributed by atoms with van der Waals surface area (Å²) < 4.78 is 57.4. The fourth-order valence-corrected chi connectivity index (χ4v) is 4.07. The van der Waals surface area contributed by atoms with Gasteiger partial charge >= 0.3 is 12.1 Å². The van der Waals surface area contributed by atoms with Crippen molar-refractivity contribution in [3.63, 3.8) is 0 Å². The van der Waals surface area contributed by atoms with Crippen LogP contribution in [0.3, 0.4) is 0 Å². The molecule has 0 radical (unpaired) electrons. The van der Waals surface area contributed by atoms with Crippen LogP contribution in [0.15, 0.2) is 30.5 Å². The van der Waals surface area contributed by atoms with Crippen molar-refractivity contribution in [3.8, 4) is 5.88 Å². The number of amides is 1. The minimum atomic E-state index is -4.71. The van der Waals surface area contributed by atoms with Crippen molar-refractivity contribution in [1.82, 2.24) is 4.98 Å². The lowest BCUT2D eigenvalue weighted by molar-refractivity contribution is -0.138. The smallest absolute Gasteiger partial charge is 0.417 e. The number of aromatic nitrogens is 1. The molecule has 158 valence electrons. The number of carboxylic acids is 1. The van der Waals surface area contributed by atoms with Gasteiger partial charge in [0.1, 0.15) is 6.10 Å². The van der Waals surface area contributed by atoms with E-state index >= 15 is 0 Å². The molecule has 4 rings (SSSR count). The van der Waals surface area contributed by atoms with Crippen LogP contribution in [0.1, 0.15) is 47.2 Å². The first-order valence-corrected chi connectivity index (χ1v) is 9.19. The summed E-state index contributed by atoms with van der Waals surface area (Å²) in [6.45, 7) is 0. The molecule has 1 amide bonds.